The predicted octanol–water partition coefficient (Wildman–Crippen LogP) is 8.84. The summed E-state index contributed by atoms with van der Waals surface area (Å²) in [6.45, 7) is 9.15. The van der Waals surface area contributed by atoms with E-state index in [-0.39, 0.29) is 40.3 Å². The zero-order valence-corrected chi connectivity index (χ0v) is 33.5. The van der Waals surface area contributed by atoms with Crippen LogP contribution in [0.5, 0.6) is 5.75 Å². The number of hydrogen-bond acceptors (Lipinski definition) is 8. The maximum absolute atomic E-state index is 14.8. The van der Waals surface area contributed by atoms with Gasteiger partial charge in [-0.1, -0.05) is 12.1 Å². The third-order valence-corrected chi connectivity index (χ3v) is 14.8. The summed E-state index contributed by atoms with van der Waals surface area (Å²) in [5.41, 5.74) is 4.61. The summed E-state index contributed by atoms with van der Waals surface area (Å²) in [6, 6.07) is 10.6. The van der Waals surface area contributed by atoms with E-state index < -0.39 is 16.7 Å². The molecule has 2 aromatic heterocycles. The average Bonchev–Trinajstić information content (AvgIpc) is 3.68. The number of rotatable bonds is 9. The summed E-state index contributed by atoms with van der Waals surface area (Å²) in [4.78, 5) is 34.4. The largest absolute Gasteiger partial charge is 0.496 e. The number of hydrogen-bond donors (Lipinski definition) is 3. The highest BCUT2D eigenvalue weighted by Crippen LogP contribution is 2.58. The number of aromatic nitrogens is 3. The smallest absolute Gasteiger partial charge is 0.407 e. The molecule has 0 spiro atoms. The minimum absolute atomic E-state index is 0.0262. The van der Waals surface area contributed by atoms with Gasteiger partial charge in [0.1, 0.15) is 17.7 Å². The number of alkyl carbamates (subject to hydrolysis) is 1. The Morgan fingerprint density at radius 2 is 1.65 bits per heavy atom. The number of nitrogens with zero attached hydrogens (tertiary/aromatic N) is 4. The van der Waals surface area contributed by atoms with Gasteiger partial charge in [0.2, 0.25) is 5.91 Å². The molecule has 5 aliphatic rings. The number of carbonyl (C=O) groups excluding carboxylic acids is 2. The molecule has 1 saturated heterocycles. The molecule has 1 aliphatic heterocycles. The van der Waals surface area contributed by atoms with Gasteiger partial charge < -0.3 is 14.8 Å². The van der Waals surface area contributed by atoms with Gasteiger partial charge in [-0.3, -0.25) is 23.5 Å². The summed E-state index contributed by atoms with van der Waals surface area (Å²) < 4.78 is 33.2. The van der Waals surface area contributed by atoms with Crippen molar-refractivity contribution in [1.29, 1.82) is 0 Å². The fourth-order valence-corrected chi connectivity index (χ4v) is 10.9. The van der Waals surface area contributed by atoms with E-state index in [1.807, 2.05) is 28.0 Å². The first kappa shape index (κ1) is 38.7. The Morgan fingerprint density at radius 1 is 0.963 bits per heavy atom. The number of anilines is 1. The summed E-state index contributed by atoms with van der Waals surface area (Å²) in [5.74, 6) is 2.16. The molecule has 0 unspecified atom stereocenters. The first-order valence-corrected chi connectivity index (χ1v) is 21.7. The maximum Gasteiger partial charge on any atom is 0.407 e. The Kier molecular flexibility index (Phi) is 10.8. The Hall–Kier alpha value is -3.61. The number of benzene rings is 1. The molecule has 3 aromatic rings. The lowest BCUT2D eigenvalue weighted by Crippen LogP contribution is -2.52. The molecule has 12 heteroatoms. The molecule has 3 N–H and O–H groups in total. The molecule has 11 nitrogen and oxygen atoms in total. The van der Waals surface area contributed by atoms with Crippen LogP contribution in [0.15, 0.2) is 48.9 Å². The molecule has 0 radical (unpaired) electrons. The van der Waals surface area contributed by atoms with Crippen molar-refractivity contribution in [2.24, 2.45) is 11.3 Å². The molecule has 54 heavy (non-hydrogen) atoms. The van der Waals surface area contributed by atoms with Gasteiger partial charge in [0.15, 0.2) is 0 Å². The third kappa shape index (κ3) is 8.31. The van der Waals surface area contributed by atoms with Crippen molar-refractivity contribution in [3.8, 4) is 16.9 Å². The van der Waals surface area contributed by atoms with Gasteiger partial charge in [0.25, 0.3) is 0 Å². The number of pyridine rings is 1. The minimum atomic E-state index is -2.51. The van der Waals surface area contributed by atoms with E-state index in [2.05, 4.69) is 68.6 Å². The van der Waals surface area contributed by atoms with E-state index in [0.717, 1.165) is 55.4 Å². The van der Waals surface area contributed by atoms with E-state index in [0.29, 0.717) is 62.4 Å². The van der Waals surface area contributed by atoms with Crippen molar-refractivity contribution in [2.45, 2.75) is 128 Å². The SMILES string of the molecule is COc1ccc(C23CCC(CN(C(=O)C4CCC(OC(=O)NC5CCS(O)(O)CC5)CC4)c4cc(-c5cnn(C(C)(C)C)c5)ccn4)(CC2)CC3)cc1C. The van der Waals surface area contributed by atoms with Crippen LogP contribution < -0.4 is 15.0 Å². The molecular weight excluding hydrogens is 703 g/mol. The first-order chi connectivity index (χ1) is 25.7. The second kappa shape index (κ2) is 15.1. The molecule has 0 atom stereocenters. The molecule has 1 aromatic carbocycles. The second-order valence-electron chi connectivity index (χ2n) is 17.6. The summed E-state index contributed by atoms with van der Waals surface area (Å²) in [5, 5.41) is 7.55. The number of methoxy groups -OCH3 is 1. The lowest BCUT2D eigenvalue weighted by atomic mass is 9.51. The third-order valence-electron chi connectivity index (χ3n) is 13.0. The molecule has 294 valence electrons. The van der Waals surface area contributed by atoms with Crippen LogP contribution in [0.4, 0.5) is 10.6 Å². The van der Waals surface area contributed by atoms with Crippen LogP contribution in [-0.2, 0) is 20.5 Å². The van der Waals surface area contributed by atoms with E-state index in [1.54, 1.807) is 7.11 Å². The van der Waals surface area contributed by atoms with Gasteiger partial charge in [-0.05, 0) is 150 Å². The number of fused-ring (bicyclic) bond motifs is 3. The number of ether oxygens (including phenoxy) is 2. The Bertz CT molecular complexity index is 1790. The highest BCUT2D eigenvalue weighted by atomic mass is 32.3. The van der Waals surface area contributed by atoms with Crippen LogP contribution in [0.2, 0.25) is 0 Å². The van der Waals surface area contributed by atoms with Gasteiger partial charge in [-0.25, -0.2) is 9.78 Å². The van der Waals surface area contributed by atoms with Gasteiger partial charge >= 0.3 is 6.09 Å². The lowest BCUT2D eigenvalue weighted by Gasteiger charge is -2.55. The summed E-state index contributed by atoms with van der Waals surface area (Å²) in [7, 11) is -0.785. The highest BCUT2D eigenvalue weighted by molar-refractivity contribution is 8.24. The van der Waals surface area contributed by atoms with E-state index >= 15 is 0 Å². The van der Waals surface area contributed by atoms with E-state index in [4.69, 9.17) is 14.5 Å². The highest BCUT2D eigenvalue weighted by Gasteiger charge is 2.51. The van der Waals surface area contributed by atoms with E-state index in [1.165, 1.54) is 11.1 Å². The first-order valence-electron chi connectivity index (χ1n) is 19.9. The molecule has 2 amide bonds. The number of nitrogens with one attached hydrogen (secondary N) is 1. The van der Waals surface area contributed by atoms with E-state index in [9.17, 15) is 18.7 Å². The van der Waals surface area contributed by atoms with Crippen molar-refractivity contribution in [2.75, 3.05) is 30.1 Å². The van der Waals surface area contributed by atoms with Crippen LogP contribution in [0, 0.1) is 18.3 Å². The van der Waals surface area contributed by atoms with Crippen LogP contribution in [0.3, 0.4) is 0 Å². The molecule has 4 saturated carbocycles. The van der Waals surface area contributed by atoms with Gasteiger partial charge in [0, 0.05) is 48.0 Å². The Labute approximate surface area is 321 Å². The molecular formula is C42H59N5O6S. The number of carbonyl (C=O) groups is 2. The van der Waals surface area contributed by atoms with Crippen LogP contribution in [0.1, 0.15) is 109 Å². The summed E-state index contributed by atoms with van der Waals surface area (Å²) >= 11 is 0. The van der Waals surface area contributed by atoms with Crippen molar-refractivity contribution in [1.82, 2.24) is 20.1 Å². The Morgan fingerprint density at radius 3 is 2.26 bits per heavy atom. The van der Waals surface area contributed by atoms with Gasteiger partial charge in [-0.15, -0.1) is 0 Å². The van der Waals surface area contributed by atoms with Crippen molar-refractivity contribution >= 4 is 28.4 Å². The monoisotopic (exact) mass is 761 g/mol. The lowest BCUT2D eigenvalue weighted by molar-refractivity contribution is -0.124. The normalized spacial score (nSPS) is 27.5. The molecule has 3 heterocycles. The van der Waals surface area contributed by atoms with Crippen molar-refractivity contribution in [3.63, 3.8) is 0 Å². The number of amides is 2. The van der Waals surface area contributed by atoms with Crippen LogP contribution in [-0.4, -0.2) is 73.2 Å². The molecule has 4 aliphatic carbocycles. The molecule has 8 rings (SSSR count). The topological polar surface area (TPSA) is 139 Å². The zero-order valence-electron chi connectivity index (χ0n) is 32.7. The molecule has 2 bridgehead atoms. The maximum atomic E-state index is 14.8. The predicted molar refractivity (Wildman–Crippen MR) is 213 cm³/mol. The molecule has 5 fully saturated rings. The van der Waals surface area contributed by atoms with Crippen molar-refractivity contribution < 1.29 is 28.2 Å². The standard InChI is InChI=1S/C42H59N5O6S/c1-29-24-33(8-11-36(29)52-5)42-18-15-41(16-19-42,17-20-42)28-46(37-25-31(12-21-43-37)32-26-44-47(27-32)40(2,3)4)38(48)30-6-9-35(10-7-30)53-39(49)45-34-13-22-54(50,51)23-14-34/h8,11-12,21,24-27,30,34-35,50-51H,6-7,9-10,13-20,22-23,28H2,1-5H3,(H,45,49). The van der Waals surface area contributed by atoms with Gasteiger partial charge in [0.05, 0.1) is 18.8 Å². The summed E-state index contributed by atoms with van der Waals surface area (Å²) in [6.07, 6.45) is 15.2. The van der Waals surface area contributed by atoms with Gasteiger partial charge in [-0.2, -0.15) is 15.7 Å². The fourth-order valence-electron chi connectivity index (χ4n) is 9.39. The quantitative estimate of drug-likeness (QED) is 0.197. The fraction of sp³-hybridized carbons (Fsp3) is 0.619. The van der Waals surface area contributed by atoms with Crippen molar-refractivity contribution in [3.05, 3.63) is 60.0 Å². The van der Waals surface area contributed by atoms with Crippen LogP contribution >= 0.6 is 10.6 Å². The zero-order chi connectivity index (χ0) is 38.3. The second-order valence-corrected chi connectivity index (χ2v) is 20.1. The average molecular weight is 762 g/mol. The van der Waals surface area contributed by atoms with Crippen LogP contribution in [0.25, 0.3) is 11.1 Å². The Balaban J connectivity index is 1.06. The minimum Gasteiger partial charge on any atom is -0.496 e. The number of aryl methyl sites for hydroxylation is 1.